The normalized spacial score (nSPS) is 10.4. The summed E-state index contributed by atoms with van der Waals surface area (Å²) in [4.78, 5) is 22.1. The first-order chi connectivity index (χ1) is 8.43. The van der Waals surface area contributed by atoms with Gasteiger partial charge in [0.1, 0.15) is 12.2 Å². The molecule has 1 rings (SSSR count). The van der Waals surface area contributed by atoms with Gasteiger partial charge in [0.15, 0.2) is 5.78 Å². The smallest absolute Gasteiger partial charge is 0.311 e. The van der Waals surface area contributed by atoms with Crippen LogP contribution >= 0.6 is 0 Å². The van der Waals surface area contributed by atoms with Crippen LogP contribution < -0.4 is 10.5 Å². The van der Waals surface area contributed by atoms with E-state index in [1.54, 1.807) is 18.2 Å². The predicted molar refractivity (Wildman–Crippen MR) is 66.7 cm³/mol. The molecular formula is C13H17NO4. The first-order valence-corrected chi connectivity index (χ1v) is 5.68. The number of hydrogen-bond donors (Lipinski definition) is 2. The Bertz CT molecular complexity index is 454. The summed E-state index contributed by atoms with van der Waals surface area (Å²) in [5.74, 6) is -0.954. The van der Waals surface area contributed by atoms with Crippen molar-refractivity contribution in [3.05, 3.63) is 29.3 Å². The molecule has 0 amide bonds. The molecule has 0 bridgehead atoms. The molecule has 0 spiro atoms. The van der Waals surface area contributed by atoms with E-state index in [0.29, 0.717) is 16.9 Å². The van der Waals surface area contributed by atoms with Crippen LogP contribution in [-0.4, -0.2) is 23.0 Å². The maximum Gasteiger partial charge on any atom is 0.311 e. The van der Waals surface area contributed by atoms with Gasteiger partial charge in [-0.2, -0.15) is 0 Å². The Hall–Kier alpha value is -1.88. The van der Waals surface area contributed by atoms with Crippen LogP contribution in [0.25, 0.3) is 0 Å². The van der Waals surface area contributed by atoms with Gasteiger partial charge in [0, 0.05) is 17.7 Å². The third-order valence-electron chi connectivity index (χ3n) is 2.28. The molecule has 0 aliphatic carbocycles. The molecule has 0 unspecified atom stereocenters. The number of carboxylic acids is 1. The second-order valence-corrected chi connectivity index (χ2v) is 4.19. The summed E-state index contributed by atoms with van der Waals surface area (Å²) in [5, 5.41) is 8.58. The minimum atomic E-state index is -1.14. The lowest BCUT2D eigenvalue weighted by molar-refractivity contribution is -0.135. The van der Waals surface area contributed by atoms with E-state index in [1.807, 2.05) is 13.8 Å². The third kappa shape index (κ3) is 3.85. The van der Waals surface area contributed by atoms with Crippen molar-refractivity contribution < 1.29 is 19.4 Å². The molecule has 0 saturated carbocycles. The number of Topliss-reactive ketones (excluding diaryl/α,β-unsaturated/α-hetero) is 1. The van der Waals surface area contributed by atoms with Crippen molar-refractivity contribution in [3.63, 3.8) is 0 Å². The number of ketones is 1. The molecule has 0 radical (unpaired) electrons. The van der Waals surface area contributed by atoms with Crippen LogP contribution in [0.5, 0.6) is 5.75 Å². The van der Waals surface area contributed by atoms with Gasteiger partial charge >= 0.3 is 5.97 Å². The Morgan fingerprint density at radius 2 is 2.06 bits per heavy atom. The maximum absolute atomic E-state index is 11.6. The molecule has 0 aliphatic heterocycles. The number of carbonyl (C=O) groups excluding carboxylic acids is 1. The number of aliphatic carboxylic acids is 1. The fourth-order valence-corrected chi connectivity index (χ4v) is 1.52. The quantitative estimate of drug-likeness (QED) is 0.592. The molecule has 0 aliphatic rings. The van der Waals surface area contributed by atoms with Gasteiger partial charge in [-0.3, -0.25) is 9.59 Å². The van der Waals surface area contributed by atoms with Gasteiger partial charge in [-0.1, -0.05) is 0 Å². The zero-order chi connectivity index (χ0) is 13.7. The van der Waals surface area contributed by atoms with E-state index in [1.165, 1.54) is 0 Å². The fraction of sp³-hybridized carbons (Fsp3) is 0.385. The Morgan fingerprint density at radius 1 is 1.39 bits per heavy atom. The summed E-state index contributed by atoms with van der Waals surface area (Å²) in [5.41, 5.74) is 6.63. The molecule has 0 saturated heterocycles. The van der Waals surface area contributed by atoms with Crippen molar-refractivity contribution >= 4 is 11.8 Å². The number of carboxylic acid groups (broad SMARTS) is 1. The number of ether oxygens (including phenoxy) is 1. The highest BCUT2D eigenvalue weighted by Crippen LogP contribution is 2.21. The zero-order valence-electron chi connectivity index (χ0n) is 10.5. The van der Waals surface area contributed by atoms with E-state index in [4.69, 9.17) is 15.6 Å². The molecule has 5 nitrogen and oxygen atoms in total. The summed E-state index contributed by atoms with van der Waals surface area (Å²) in [6, 6.07) is 4.79. The maximum atomic E-state index is 11.6. The summed E-state index contributed by atoms with van der Waals surface area (Å²) >= 11 is 0. The first-order valence-electron chi connectivity index (χ1n) is 5.68. The molecule has 0 atom stereocenters. The average molecular weight is 251 g/mol. The Kier molecular flexibility index (Phi) is 4.85. The van der Waals surface area contributed by atoms with Gasteiger partial charge in [-0.05, 0) is 32.0 Å². The number of benzene rings is 1. The van der Waals surface area contributed by atoms with Gasteiger partial charge < -0.3 is 15.6 Å². The largest absolute Gasteiger partial charge is 0.491 e. The van der Waals surface area contributed by atoms with Crippen molar-refractivity contribution in [2.24, 2.45) is 5.73 Å². The Balaban J connectivity index is 2.97. The minimum Gasteiger partial charge on any atom is -0.491 e. The van der Waals surface area contributed by atoms with Gasteiger partial charge in [0.25, 0.3) is 0 Å². The second kappa shape index (κ2) is 6.16. The highest BCUT2D eigenvalue weighted by Gasteiger charge is 2.13. The van der Waals surface area contributed by atoms with Crippen molar-refractivity contribution in [2.75, 3.05) is 0 Å². The average Bonchev–Trinajstić information content (AvgIpc) is 2.27. The lowest BCUT2D eigenvalue weighted by Gasteiger charge is -2.14. The molecule has 0 heterocycles. The van der Waals surface area contributed by atoms with Crippen LogP contribution in [0.15, 0.2) is 18.2 Å². The number of carbonyl (C=O) groups is 2. The number of hydrogen-bond acceptors (Lipinski definition) is 4. The predicted octanol–water partition coefficient (Wildman–Crippen LogP) is 1.59. The van der Waals surface area contributed by atoms with Crippen LogP contribution in [0.2, 0.25) is 0 Å². The molecule has 5 heteroatoms. The van der Waals surface area contributed by atoms with E-state index in [2.05, 4.69) is 0 Å². The van der Waals surface area contributed by atoms with Crippen molar-refractivity contribution in [2.45, 2.75) is 32.9 Å². The van der Waals surface area contributed by atoms with E-state index >= 15 is 0 Å². The van der Waals surface area contributed by atoms with Crippen molar-refractivity contribution in [1.82, 2.24) is 0 Å². The molecule has 3 N–H and O–H groups in total. The van der Waals surface area contributed by atoms with Gasteiger partial charge in [-0.25, -0.2) is 0 Å². The monoisotopic (exact) mass is 251 g/mol. The molecule has 0 aromatic heterocycles. The first kappa shape index (κ1) is 14.2. The van der Waals surface area contributed by atoms with E-state index in [-0.39, 0.29) is 12.6 Å². The number of rotatable bonds is 6. The van der Waals surface area contributed by atoms with Crippen LogP contribution in [-0.2, 0) is 11.3 Å². The summed E-state index contributed by atoms with van der Waals surface area (Å²) in [6.45, 7) is 4.02. The van der Waals surface area contributed by atoms with Crippen molar-refractivity contribution in [1.29, 1.82) is 0 Å². The Labute approximate surface area is 106 Å². The molecule has 1 aromatic rings. The van der Waals surface area contributed by atoms with Crippen LogP contribution in [0.4, 0.5) is 0 Å². The number of nitrogens with two attached hydrogens (primary N) is 1. The topological polar surface area (TPSA) is 89.6 Å². The van der Waals surface area contributed by atoms with Crippen LogP contribution in [0.1, 0.15) is 36.2 Å². The van der Waals surface area contributed by atoms with Gasteiger partial charge in [0.2, 0.25) is 0 Å². The zero-order valence-corrected chi connectivity index (χ0v) is 10.5. The summed E-state index contributed by atoms with van der Waals surface area (Å²) in [7, 11) is 0. The standard InChI is InChI=1S/C13H17NO4/c1-8(2)18-12-4-3-9(5-10(12)7-14)11(15)6-13(16)17/h3-5,8H,6-7,14H2,1-2H3,(H,16,17). The summed E-state index contributed by atoms with van der Waals surface area (Å²) in [6.07, 6.45) is -0.509. The molecule has 18 heavy (non-hydrogen) atoms. The molecule has 0 fully saturated rings. The molecule has 1 aromatic carbocycles. The molecular weight excluding hydrogens is 234 g/mol. The lowest BCUT2D eigenvalue weighted by atomic mass is 10.0. The van der Waals surface area contributed by atoms with Crippen LogP contribution in [0, 0.1) is 0 Å². The highest BCUT2D eigenvalue weighted by atomic mass is 16.5. The Morgan fingerprint density at radius 3 is 2.56 bits per heavy atom. The molecule has 98 valence electrons. The van der Waals surface area contributed by atoms with E-state index < -0.39 is 18.2 Å². The fourth-order valence-electron chi connectivity index (χ4n) is 1.52. The third-order valence-corrected chi connectivity index (χ3v) is 2.28. The van der Waals surface area contributed by atoms with Crippen LogP contribution in [0.3, 0.4) is 0 Å². The van der Waals surface area contributed by atoms with Gasteiger partial charge in [-0.15, -0.1) is 0 Å². The van der Waals surface area contributed by atoms with E-state index in [0.717, 1.165) is 0 Å². The summed E-state index contributed by atoms with van der Waals surface area (Å²) < 4.78 is 5.54. The second-order valence-electron chi connectivity index (χ2n) is 4.19. The highest BCUT2D eigenvalue weighted by molar-refractivity contribution is 6.05. The van der Waals surface area contributed by atoms with Gasteiger partial charge in [0.05, 0.1) is 6.10 Å². The van der Waals surface area contributed by atoms with Crippen molar-refractivity contribution in [3.8, 4) is 5.75 Å². The van der Waals surface area contributed by atoms with E-state index in [9.17, 15) is 9.59 Å². The lowest BCUT2D eigenvalue weighted by Crippen LogP contribution is -2.11. The minimum absolute atomic E-state index is 0.0101. The SMILES string of the molecule is CC(C)Oc1ccc(C(=O)CC(=O)O)cc1CN.